The number of carbonyl (C=O) groups excluding carboxylic acids is 1. The summed E-state index contributed by atoms with van der Waals surface area (Å²) in [6.07, 6.45) is 4.81. The minimum absolute atomic E-state index is 0. The van der Waals surface area contributed by atoms with Crippen LogP contribution in [-0.4, -0.2) is 43.0 Å². The molecular formula is C14H31Cl2N3O. The highest BCUT2D eigenvalue weighted by atomic mass is 35.5. The van der Waals surface area contributed by atoms with Gasteiger partial charge in [0.2, 0.25) is 5.91 Å². The zero-order chi connectivity index (χ0) is 14.0. The van der Waals surface area contributed by atoms with E-state index in [9.17, 15) is 4.79 Å². The molecule has 0 saturated heterocycles. The Bertz CT molecular complexity index is 297. The number of likely N-dealkylation sites (N-methyl/N-ethyl adjacent to an activating group) is 1. The van der Waals surface area contributed by atoms with Crippen molar-refractivity contribution in [1.29, 1.82) is 0 Å². The Labute approximate surface area is 136 Å². The molecular weight excluding hydrogens is 297 g/mol. The van der Waals surface area contributed by atoms with Crippen LogP contribution in [0.25, 0.3) is 0 Å². The van der Waals surface area contributed by atoms with E-state index in [-0.39, 0.29) is 41.7 Å². The predicted molar refractivity (Wildman–Crippen MR) is 89.8 cm³/mol. The van der Waals surface area contributed by atoms with Crippen molar-refractivity contribution in [2.24, 2.45) is 11.1 Å². The van der Waals surface area contributed by atoms with E-state index in [0.29, 0.717) is 6.54 Å². The van der Waals surface area contributed by atoms with Gasteiger partial charge >= 0.3 is 0 Å². The van der Waals surface area contributed by atoms with Gasteiger partial charge in [-0.3, -0.25) is 4.79 Å². The monoisotopic (exact) mass is 327 g/mol. The lowest BCUT2D eigenvalue weighted by Crippen LogP contribution is -2.55. The lowest BCUT2D eigenvalue weighted by molar-refractivity contribution is -0.125. The normalized spacial score (nSPS) is 18.9. The molecule has 1 aliphatic rings. The molecule has 3 N–H and O–H groups in total. The van der Waals surface area contributed by atoms with E-state index in [0.717, 1.165) is 12.8 Å². The molecule has 0 aromatic carbocycles. The molecule has 0 heterocycles. The molecule has 0 bridgehead atoms. The van der Waals surface area contributed by atoms with E-state index >= 15 is 0 Å². The summed E-state index contributed by atoms with van der Waals surface area (Å²) in [6.45, 7) is 6.69. The first-order valence-electron chi connectivity index (χ1n) is 6.90. The van der Waals surface area contributed by atoms with Gasteiger partial charge in [0, 0.05) is 12.1 Å². The number of rotatable bonds is 4. The van der Waals surface area contributed by atoms with Crippen molar-refractivity contribution in [3.63, 3.8) is 0 Å². The largest absolute Gasteiger partial charge is 0.353 e. The summed E-state index contributed by atoms with van der Waals surface area (Å²) in [6, 6.07) is -0.446. The molecule has 4 nitrogen and oxygen atoms in total. The topological polar surface area (TPSA) is 58.4 Å². The quantitative estimate of drug-likeness (QED) is 0.832. The van der Waals surface area contributed by atoms with Crippen LogP contribution in [0.3, 0.4) is 0 Å². The molecule has 1 rings (SSSR count). The second-order valence-corrected chi connectivity index (χ2v) is 6.89. The fourth-order valence-corrected chi connectivity index (χ4v) is 2.57. The molecule has 1 amide bonds. The average molecular weight is 328 g/mol. The summed E-state index contributed by atoms with van der Waals surface area (Å²) in [5.74, 6) is -0.0318. The molecule has 0 unspecified atom stereocenters. The maximum atomic E-state index is 12.1. The van der Waals surface area contributed by atoms with Gasteiger partial charge in [-0.2, -0.15) is 0 Å². The van der Waals surface area contributed by atoms with E-state index in [1.54, 1.807) is 0 Å². The van der Waals surface area contributed by atoms with Crippen molar-refractivity contribution in [1.82, 2.24) is 10.2 Å². The first-order chi connectivity index (χ1) is 8.19. The van der Waals surface area contributed by atoms with Crippen LogP contribution in [-0.2, 0) is 4.79 Å². The van der Waals surface area contributed by atoms with Crippen molar-refractivity contribution < 1.29 is 4.79 Å². The van der Waals surface area contributed by atoms with Crippen LogP contribution in [0.4, 0.5) is 0 Å². The minimum atomic E-state index is -0.446. The summed E-state index contributed by atoms with van der Waals surface area (Å²) >= 11 is 0. The van der Waals surface area contributed by atoms with Gasteiger partial charge in [0.15, 0.2) is 0 Å². The van der Waals surface area contributed by atoms with Crippen LogP contribution in [0.5, 0.6) is 0 Å². The summed E-state index contributed by atoms with van der Waals surface area (Å²) in [5, 5.41) is 3.05. The maximum Gasteiger partial charge on any atom is 0.237 e. The first-order valence-corrected chi connectivity index (χ1v) is 6.90. The Balaban J connectivity index is 0. The van der Waals surface area contributed by atoms with Crippen LogP contribution in [0.1, 0.15) is 46.5 Å². The number of carbonyl (C=O) groups is 1. The maximum absolute atomic E-state index is 12.1. The van der Waals surface area contributed by atoms with Crippen LogP contribution < -0.4 is 11.1 Å². The van der Waals surface area contributed by atoms with Crippen molar-refractivity contribution >= 4 is 30.7 Å². The Morgan fingerprint density at radius 1 is 1.25 bits per heavy atom. The zero-order valence-corrected chi connectivity index (χ0v) is 15.0. The predicted octanol–water partition coefficient (Wildman–Crippen LogP) is 2.19. The summed E-state index contributed by atoms with van der Waals surface area (Å²) in [4.78, 5) is 14.3. The lowest BCUT2D eigenvalue weighted by atomic mass is 9.86. The van der Waals surface area contributed by atoms with Crippen LogP contribution in [0.2, 0.25) is 0 Å². The van der Waals surface area contributed by atoms with Gasteiger partial charge in [0.05, 0.1) is 6.04 Å². The third-order valence-electron chi connectivity index (χ3n) is 4.29. The first kappa shape index (κ1) is 22.3. The Morgan fingerprint density at radius 3 is 2.05 bits per heavy atom. The number of nitrogens with one attached hydrogen (secondary N) is 1. The Kier molecular flexibility index (Phi) is 9.37. The van der Waals surface area contributed by atoms with Gasteiger partial charge in [0.25, 0.3) is 0 Å². The molecule has 1 atom stereocenters. The molecule has 1 saturated carbocycles. The molecule has 122 valence electrons. The Morgan fingerprint density at radius 2 is 1.70 bits per heavy atom. The van der Waals surface area contributed by atoms with E-state index in [4.69, 9.17) is 5.73 Å². The molecule has 20 heavy (non-hydrogen) atoms. The Hall–Kier alpha value is -0.0300. The van der Waals surface area contributed by atoms with Crippen molar-refractivity contribution in [2.75, 3.05) is 20.6 Å². The molecule has 1 fully saturated rings. The third-order valence-corrected chi connectivity index (χ3v) is 4.29. The summed E-state index contributed by atoms with van der Waals surface area (Å²) < 4.78 is 0. The standard InChI is InChI=1S/C14H29N3O.2ClH/c1-13(2,3)11(15)12(18)16-10-14(17(4)5)8-6-7-9-14;;/h11H,6-10,15H2,1-5H3,(H,16,18);2*1H/t11-;;/m1../s1. The summed E-state index contributed by atoms with van der Waals surface area (Å²) in [7, 11) is 4.20. The summed E-state index contributed by atoms with van der Waals surface area (Å²) in [5.41, 5.74) is 5.92. The molecule has 0 spiro atoms. The second kappa shape index (κ2) is 8.42. The van der Waals surface area contributed by atoms with E-state index in [2.05, 4.69) is 24.3 Å². The molecule has 0 aliphatic heterocycles. The van der Waals surface area contributed by atoms with Gasteiger partial charge < -0.3 is 16.0 Å². The smallest absolute Gasteiger partial charge is 0.237 e. The highest BCUT2D eigenvalue weighted by Crippen LogP contribution is 2.33. The fourth-order valence-electron chi connectivity index (χ4n) is 2.57. The third kappa shape index (κ3) is 5.40. The molecule has 6 heteroatoms. The number of amides is 1. The average Bonchev–Trinajstić information content (AvgIpc) is 2.73. The zero-order valence-electron chi connectivity index (χ0n) is 13.4. The minimum Gasteiger partial charge on any atom is -0.353 e. The molecule has 0 radical (unpaired) electrons. The van der Waals surface area contributed by atoms with Crippen LogP contribution in [0, 0.1) is 5.41 Å². The van der Waals surface area contributed by atoms with Gasteiger partial charge in [-0.15, -0.1) is 24.8 Å². The number of nitrogens with two attached hydrogens (primary N) is 1. The van der Waals surface area contributed by atoms with Gasteiger partial charge in [-0.25, -0.2) is 0 Å². The van der Waals surface area contributed by atoms with E-state index < -0.39 is 6.04 Å². The fraction of sp³-hybridized carbons (Fsp3) is 0.929. The number of halogens is 2. The van der Waals surface area contributed by atoms with Gasteiger partial charge in [-0.1, -0.05) is 33.6 Å². The van der Waals surface area contributed by atoms with E-state index in [1.807, 2.05) is 20.8 Å². The second-order valence-electron chi connectivity index (χ2n) is 6.89. The SMILES string of the molecule is CN(C)C1(CNC(=O)[C@@H](N)C(C)(C)C)CCCC1.Cl.Cl. The highest BCUT2D eigenvalue weighted by molar-refractivity contribution is 5.85. The van der Waals surface area contributed by atoms with E-state index in [1.165, 1.54) is 12.8 Å². The number of hydrogen-bond donors (Lipinski definition) is 2. The number of hydrogen-bond acceptors (Lipinski definition) is 3. The van der Waals surface area contributed by atoms with Crippen molar-refractivity contribution in [3.8, 4) is 0 Å². The number of nitrogens with zero attached hydrogens (tertiary/aromatic N) is 1. The molecule has 0 aromatic heterocycles. The van der Waals surface area contributed by atoms with Crippen molar-refractivity contribution in [3.05, 3.63) is 0 Å². The van der Waals surface area contributed by atoms with Gasteiger partial charge in [-0.05, 0) is 32.4 Å². The molecule has 0 aromatic rings. The van der Waals surface area contributed by atoms with Crippen molar-refractivity contribution in [2.45, 2.75) is 58.0 Å². The van der Waals surface area contributed by atoms with Crippen LogP contribution in [0.15, 0.2) is 0 Å². The lowest BCUT2D eigenvalue weighted by Gasteiger charge is -2.37. The highest BCUT2D eigenvalue weighted by Gasteiger charge is 2.37. The van der Waals surface area contributed by atoms with Gasteiger partial charge in [0.1, 0.15) is 0 Å². The van der Waals surface area contributed by atoms with Crippen LogP contribution >= 0.6 is 24.8 Å². The molecule has 1 aliphatic carbocycles.